The molecule has 0 aromatic heterocycles. The van der Waals surface area contributed by atoms with Crippen molar-refractivity contribution in [2.24, 2.45) is 0 Å². The van der Waals surface area contributed by atoms with Crippen molar-refractivity contribution < 1.29 is 14.3 Å². The molecule has 0 bridgehead atoms. The van der Waals surface area contributed by atoms with Gasteiger partial charge in [-0.1, -0.05) is 23.7 Å². The normalized spacial score (nSPS) is 14.0. The van der Waals surface area contributed by atoms with Crippen LogP contribution in [0.3, 0.4) is 0 Å². The Morgan fingerprint density at radius 1 is 1.26 bits per heavy atom. The van der Waals surface area contributed by atoms with Crippen LogP contribution in [0, 0.1) is 6.92 Å². The number of amides is 2. The topological polar surface area (TPSA) is 58.6 Å². The van der Waals surface area contributed by atoms with Gasteiger partial charge in [0.15, 0.2) is 0 Å². The number of nitrogens with zero attached hydrogens (tertiary/aromatic N) is 1. The molecule has 0 unspecified atom stereocenters. The summed E-state index contributed by atoms with van der Waals surface area (Å²) in [7, 11) is 1.53. The van der Waals surface area contributed by atoms with Gasteiger partial charge in [-0.2, -0.15) is 0 Å². The maximum Gasteiger partial charge on any atom is 0.248 e. The summed E-state index contributed by atoms with van der Waals surface area (Å²) in [5, 5.41) is 3.38. The number of hydrogen-bond acceptors (Lipinski definition) is 3. The summed E-state index contributed by atoms with van der Waals surface area (Å²) in [4.78, 5) is 25.8. The van der Waals surface area contributed by atoms with Crippen LogP contribution in [-0.2, 0) is 9.59 Å². The average molecular weight is 385 g/mol. The molecule has 1 heterocycles. The molecule has 5 nitrogen and oxygen atoms in total. The molecule has 27 heavy (non-hydrogen) atoms. The monoisotopic (exact) mass is 384 g/mol. The number of carbonyl (C=O) groups is 2. The number of aryl methyl sites for hydroxylation is 1. The van der Waals surface area contributed by atoms with Crippen molar-refractivity contribution in [3.8, 4) is 5.75 Å². The van der Waals surface area contributed by atoms with Crippen LogP contribution in [-0.4, -0.2) is 25.5 Å². The molecule has 1 N–H and O–H groups in total. The second kappa shape index (κ2) is 8.27. The lowest BCUT2D eigenvalue weighted by molar-refractivity contribution is -0.117. The van der Waals surface area contributed by atoms with Crippen molar-refractivity contribution in [1.29, 1.82) is 0 Å². The van der Waals surface area contributed by atoms with Gasteiger partial charge in [0.2, 0.25) is 11.8 Å². The van der Waals surface area contributed by atoms with E-state index in [0.717, 1.165) is 29.8 Å². The first kappa shape index (κ1) is 19.0. The Bertz CT molecular complexity index is 891. The number of benzene rings is 2. The number of ether oxygens (including phenoxy) is 1. The fraction of sp³-hybridized carbons (Fsp3) is 0.238. The molecule has 1 aliphatic rings. The van der Waals surface area contributed by atoms with Gasteiger partial charge in [0.25, 0.3) is 0 Å². The third kappa shape index (κ3) is 4.49. The van der Waals surface area contributed by atoms with Crippen molar-refractivity contribution in [3.63, 3.8) is 0 Å². The first-order valence-corrected chi connectivity index (χ1v) is 9.09. The summed E-state index contributed by atoms with van der Waals surface area (Å²) in [6.07, 6.45) is 4.68. The van der Waals surface area contributed by atoms with Gasteiger partial charge in [0, 0.05) is 35.8 Å². The first-order valence-electron chi connectivity index (χ1n) is 8.71. The molecule has 2 aromatic carbocycles. The molecule has 0 saturated carbocycles. The van der Waals surface area contributed by atoms with Crippen LogP contribution in [0.4, 0.5) is 11.4 Å². The number of anilines is 2. The first-order chi connectivity index (χ1) is 13.0. The van der Waals surface area contributed by atoms with E-state index >= 15 is 0 Å². The van der Waals surface area contributed by atoms with Gasteiger partial charge >= 0.3 is 0 Å². The SMILES string of the molecule is COc1cc(Cl)c(C)cc1NC(=O)/C=C/c1ccc(N2CCCC2=O)cc1. The highest BCUT2D eigenvalue weighted by Crippen LogP contribution is 2.31. The fourth-order valence-corrected chi connectivity index (χ4v) is 3.12. The smallest absolute Gasteiger partial charge is 0.248 e. The number of hydrogen-bond donors (Lipinski definition) is 1. The largest absolute Gasteiger partial charge is 0.495 e. The minimum absolute atomic E-state index is 0.157. The molecule has 3 rings (SSSR count). The lowest BCUT2D eigenvalue weighted by Gasteiger charge is -2.15. The van der Waals surface area contributed by atoms with Crippen LogP contribution in [0.2, 0.25) is 5.02 Å². The molecule has 1 aliphatic heterocycles. The van der Waals surface area contributed by atoms with E-state index in [1.807, 2.05) is 31.2 Å². The van der Waals surface area contributed by atoms with Crippen molar-refractivity contribution in [1.82, 2.24) is 0 Å². The molecule has 0 atom stereocenters. The number of methoxy groups -OCH3 is 1. The Labute approximate surface area is 163 Å². The van der Waals surface area contributed by atoms with Gasteiger partial charge in [0.1, 0.15) is 5.75 Å². The van der Waals surface area contributed by atoms with Gasteiger partial charge in [-0.25, -0.2) is 0 Å². The zero-order valence-corrected chi connectivity index (χ0v) is 16.0. The summed E-state index contributed by atoms with van der Waals surface area (Å²) in [6, 6.07) is 11.0. The Kier molecular flexibility index (Phi) is 5.81. The Balaban J connectivity index is 1.66. The van der Waals surface area contributed by atoms with Gasteiger partial charge in [0.05, 0.1) is 12.8 Å². The lowest BCUT2D eigenvalue weighted by atomic mass is 10.1. The number of halogens is 1. The number of carbonyl (C=O) groups excluding carboxylic acids is 2. The maximum absolute atomic E-state index is 12.2. The van der Waals surface area contributed by atoms with Crippen molar-refractivity contribution >= 4 is 40.9 Å². The van der Waals surface area contributed by atoms with Crippen LogP contribution in [0.25, 0.3) is 6.08 Å². The number of rotatable bonds is 5. The van der Waals surface area contributed by atoms with E-state index in [4.69, 9.17) is 16.3 Å². The van der Waals surface area contributed by atoms with E-state index in [1.165, 1.54) is 13.2 Å². The summed E-state index contributed by atoms with van der Waals surface area (Å²) >= 11 is 6.08. The van der Waals surface area contributed by atoms with Crippen LogP contribution in [0.15, 0.2) is 42.5 Å². The zero-order valence-electron chi connectivity index (χ0n) is 15.3. The molecule has 0 radical (unpaired) electrons. The summed E-state index contributed by atoms with van der Waals surface area (Å²) in [6.45, 7) is 2.62. The molecule has 1 saturated heterocycles. The second-order valence-corrected chi connectivity index (χ2v) is 6.77. The molecule has 2 amide bonds. The third-order valence-corrected chi connectivity index (χ3v) is 4.85. The molecular formula is C21H21ClN2O3. The van der Waals surface area contributed by atoms with E-state index in [0.29, 0.717) is 22.9 Å². The molecule has 0 aliphatic carbocycles. The highest BCUT2D eigenvalue weighted by molar-refractivity contribution is 6.31. The summed E-state index contributed by atoms with van der Waals surface area (Å²) in [5.74, 6) is 0.394. The molecule has 2 aromatic rings. The standard InChI is InChI=1S/C21H21ClN2O3/c1-14-12-18(19(27-2)13-17(14)22)23-20(25)10-7-15-5-8-16(9-6-15)24-11-3-4-21(24)26/h5-10,12-13H,3-4,11H2,1-2H3,(H,23,25)/b10-7+. The van der Waals surface area contributed by atoms with Crippen molar-refractivity contribution in [2.45, 2.75) is 19.8 Å². The average Bonchev–Trinajstić information content (AvgIpc) is 3.09. The third-order valence-electron chi connectivity index (χ3n) is 4.44. The van der Waals surface area contributed by atoms with Crippen LogP contribution in [0.1, 0.15) is 24.0 Å². The highest BCUT2D eigenvalue weighted by Gasteiger charge is 2.21. The molecule has 6 heteroatoms. The Morgan fingerprint density at radius 3 is 2.63 bits per heavy atom. The van der Waals surface area contributed by atoms with Gasteiger partial charge < -0.3 is 15.0 Å². The molecule has 0 spiro atoms. The summed E-state index contributed by atoms with van der Waals surface area (Å²) in [5.41, 5.74) is 3.18. The van der Waals surface area contributed by atoms with E-state index in [9.17, 15) is 9.59 Å². The predicted octanol–water partition coefficient (Wildman–Crippen LogP) is 4.44. The zero-order chi connectivity index (χ0) is 19.4. The van der Waals surface area contributed by atoms with Crippen molar-refractivity contribution in [2.75, 3.05) is 23.9 Å². The highest BCUT2D eigenvalue weighted by atomic mass is 35.5. The predicted molar refractivity (Wildman–Crippen MR) is 108 cm³/mol. The van der Waals surface area contributed by atoms with E-state index in [2.05, 4.69) is 5.32 Å². The van der Waals surface area contributed by atoms with E-state index in [1.54, 1.807) is 23.1 Å². The quantitative estimate of drug-likeness (QED) is 0.775. The van der Waals surface area contributed by atoms with E-state index in [-0.39, 0.29) is 11.8 Å². The number of nitrogens with one attached hydrogen (secondary N) is 1. The minimum atomic E-state index is -0.270. The summed E-state index contributed by atoms with van der Waals surface area (Å²) < 4.78 is 5.26. The maximum atomic E-state index is 12.2. The van der Waals surface area contributed by atoms with Crippen molar-refractivity contribution in [3.05, 3.63) is 58.6 Å². The lowest BCUT2D eigenvalue weighted by Crippen LogP contribution is -2.23. The Morgan fingerprint density at radius 2 is 2.00 bits per heavy atom. The fourth-order valence-electron chi connectivity index (χ4n) is 2.96. The Hall–Kier alpha value is -2.79. The molecule has 1 fully saturated rings. The van der Waals surface area contributed by atoms with E-state index < -0.39 is 0 Å². The van der Waals surface area contributed by atoms with Crippen LogP contribution in [0.5, 0.6) is 5.75 Å². The molecular weight excluding hydrogens is 364 g/mol. The molecule has 140 valence electrons. The van der Waals surface area contributed by atoms with Crippen LogP contribution < -0.4 is 15.0 Å². The van der Waals surface area contributed by atoms with Gasteiger partial charge in [-0.05, 0) is 48.7 Å². The van der Waals surface area contributed by atoms with Gasteiger partial charge in [-0.15, -0.1) is 0 Å². The second-order valence-electron chi connectivity index (χ2n) is 6.36. The van der Waals surface area contributed by atoms with Crippen LogP contribution >= 0.6 is 11.6 Å². The van der Waals surface area contributed by atoms with Gasteiger partial charge in [-0.3, -0.25) is 9.59 Å². The minimum Gasteiger partial charge on any atom is -0.495 e.